The predicted octanol–water partition coefficient (Wildman–Crippen LogP) is 2.58. The Labute approximate surface area is 103 Å². The summed E-state index contributed by atoms with van der Waals surface area (Å²) in [5.41, 5.74) is 1.52. The summed E-state index contributed by atoms with van der Waals surface area (Å²) in [7, 11) is 0. The molecule has 1 N–H and O–H groups in total. The van der Waals surface area contributed by atoms with Crippen LogP contribution < -0.4 is 5.32 Å². The normalized spacial score (nSPS) is 9.65. The molecule has 2 aromatic rings. The van der Waals surface area contributed by atoms with Gasteiger partial charge in [0, 0.05) is 5.56 Å². The summed E-state index contributed by atoms with van der Waals surface area (Å²) >= 11 is 1.16. The van der Waals surface area contributed by atoms with Crippen LogP contribution in [-0.2, 0) is 0 Å². The van der Waals surface area contributed by atoms with Crippen molar-refractivity contribution in [2.75, 3.05) is 5.32 Å². The molecule has 0 atom stereocenters. The lowest BCUT2D eigenvalue weighted by atomic mass is 10.1. The Morgan fingerprint density at radius 2 is 2.24 bits per heavy atom. The average molecular weight is 243 g/mol. The molecule has 0 aliphatic heterocycles. The van der Waals surface area contributed by atoms with Crippen molar-refractivity contribution >= 4 is 22.4 Å². The first-order chi connectivity index (χ1) is 8.20. The van der Waals surface area contributed by atoms with Crippen LogP contribution in [0.4, 0.5) is 5.13 Å². The van der Waals surface area contributed by atoms with Crippen molar-refractivity contribution in [1.82, 2.24) is 4.98 Å². The van der Waals surface area contributed by atoms with Gasteiger partial charge in [-0.15, -0.1) is 0 Å². The molecule has 0 fully saturated rings. The van der Waals surface area contributed by atoms with E-state index in [4.69, 9.17) is 5.26 Å². The van der Waals surface area contributed by atoms with Gasteiger partial charge in [0.1, 0.15) is 10.9 Å². The zero-order chi connectivity index (χ0) is 12.3. The second-order valence-electron chi connectivity index (χ2n) is 3.41. The standard InChI is InChI=1S/C12H9N3OS/c1-8-4-2-3-5-10(8)11(16)15-12-14-7-9(6-13)17-12/h2-5,7H,1H3,(H,14,15,16). The molecule has 0 unspecified atom stereocenters. The van der Waals surface area contributed by atoms with E-state index < -0.39 is 0 Å². The second kappa shape index (κ2) is 4.76. The molecule has 0 bridgehead atoms. The lowest BCUT2D eigenvalue weighted by Gasteiger charge is -2.04. The van der Waals surface area contributed by atoms with Gasteiger partial charge >= 0.3 is 0 Å². The van der Waals surface area contributed by atoms with E-state index in [0.29, 0.717) is 15.6 Å². The first kappa shape index (κ1) is 11.3. The van der Waals surface area contributed by atoms with Crippen LogP contribution in [0.3, 0.4) is 0 Å². The van der Waals surface area contributed by atoms with Gasteiger partial charge in [-0.05, 0) is 18.6 Å². The summed E-state index contributed by atoms with van der Waals surface area (Å²) in [5, 5.41) is 11.8. The Kier molecular flexibility index (Phi) is 3.17. The van der Waals surface area contributed by atoms with E-state index in [1.54, 1.807) is 6.07 Å². The maximum atomic E-state index is 11.9. The van der Waals surface area contributed by atoms with Gasteiger partial charge in [-0.3, -0.25) is 10.1 Å². The first-order valence-electron chi connectivity index (χ1n) is 4.93. The summed E-state index contributed by atoms with van der Waals surface area (Å²) in [5.74, 6) is -0.207. The SMILES string of the molecule is Cc1ccccc1C(=O)Nc1ncc(C#N)s1. The number of anilines is 1. The highest BCUT2D eigenvalue weighted by molar-refractivity contribution is 7.16. The van der Waals surface area contributed by atoms with Crippen molar-refractivity contribution in [2.24, 2.45) is 0 Å². The summed E-state index contributed by atoms with van der Waals surface area (Å²) in [6.07, 6.45) is 1.44. The van der Waals surface area contributed by atoms with Crippen LogP contribution in [0.1, 0.15) is 20.8 Å². The number of aryl methyl sites for hydroxylation is 1. The van der Waals surface area contributed by atoms with Gasteiger partial charge in [-0.25, -0.2) is 4.98 Å². The van der Waals surface area contributed by atoms with Crippen molar-refractivity contribution in [3.05, 3.63) is 46.5 Å². The van der Waals surface area contributed by atoms with Gasteiger partial charge in [0.25, 0.3) is 5.91 Å². The van der Waals surface area contributed by atoms with Gasteiger partial charge in [0.05, 0.1) is 6.20 Å². The number of carbonyl (C=O) groups is 1. The highest BCUT2D eigenvalue weighted by Gasteiger charge is 2.10. The predicted molar refractivity (Wildman–Crippen MR) is 66.0 cm³/mol. The Morgan fingerprint density at radius 3 is 2.88 bits per heavy atom. The molecule has 1 amide bonds. The minimum atomic E-state index is -0.207. The third-order valence-corrected chi connectivity index (χ3v) is 3.04. The third kappa shape index (κ3) is 2.49. The van der Waals surface area contributed by atoms with Crippen LogP contribution in [0.2, 0.25) is 0 Å². The molecule has 0 saturated carbocycles. The minimum absolute atomic E-state index is 0.207. The number of carbonyl (C=O) groups excluding carboxylic acids is 1. The fourth-order valence-corrected chi connectivity index (χ4v) is 1.98. The third-order valence-electron chi connectivity index (χ3n) is 2.23. The van der Waals surface area contributed by atoms with E-state index in [1.165, 1.54) is 6.20 Å². The Morgan fingerprint density at radius 1 is 1.47 bits per heavy atom. The summed E-state index contributed by atoms with van der Waals surface area (Å²) in [6.45, 7) is 1.87. The first-order valence-corrected chi connectivity index (χ1v) is 5.75. The molecule has 0 radical (unpaired) electrons. The van der Waals surface area contributed by atoms with Gasteiger partial charge in [0.2, 0.25) is 0 Å². The second-order valence-corrected chi connectivity index (χ2v) is 4.44. The van der Waals surface area contributed by atoms with Gasteiger partial charge in [-0.2, -0.15) is 5.26 Å². The number of rotatable bonds is 2. The topological polar surface area (TPSA) is 65.8 Å². The Hall–Kier alpha value is -2.19. The lowest BCUT2D eigenvalue weighted by molar-refractivity contribution is 0.102. The number of nitrogens with zero attached hydrogens (tertiary/aromatic N) is 2. The number of nitriles is 1. The molecule has 2 rings (SSSR count). The van der Waals surface area contributed by atoms with Crippen LogP contribution in [0.5, 0.6) is 0 Å². The number of hydrogen-bond acceptors (Lipinski definition) is 4. The maximum absolute atomic E-state index is 11.9. The number of amides is 1. The zero-order valence-corrected chi connectivity index (χ0v) is 9.91. The molecular formula is C12H9N3OS. The molecule has 17 heavy (non-hydrogen) atoms. The Balaban J connectivity index is 2.18. The average Bonchev–Trinajstić information content (AvgIpc) is 2.77. The van der Waals surface area contributed by atoms with Crippen molar-refractivity contribution in [3.63, 3.8) is 0 Å². The molecule has 0 spiro atoms. The maximum Gasteiger partial charge on any atom is 0.257 e. The van der Waals surface area contributed by atoms with E-state index in [-0.39, 0.29) is 5.91 Å². The molecule has 84 valence electrons. The smallest absolute Gasteiger partial charge is 0.257 e. The molecule has 4 nitrogen and oxygen atoms in total. The lowest BCUT2D eigenvalue weighted by Crippen LogP contribution is -2.12. The fourth-order valence-electron chi connectivity index (χ4n) is 1.38. The summed E-state index contributed by atoms with van der Waals surface area (Å²) in [6, 6.07) is 9.29. The van der Waals surface area contributed by atoms with Gasteiger partial charge in [-0.1, -0.05) is 29.5 Å². The van der Waals surface area contributed by atoms with Gasteiger partial charge < -0.3 is 0 Å². The van der Waals surface area contributed by atoms with E-state index in [2.05, 4.69) is 10.3 Å². The van der Waals surface area contributed by atoms with Crippen LogP contribution in [0.25, 0.3) is 0 Å². The summed E-state index contributed by atoms with van der Waals surface area (Å²) < 4.78 is 0. The van der Waals surface area contributed by atoms with Crippen LogP contribution in [0.15, 0.2) is 30.5 Å². The van der Waals surface area contributed by atoms with E-state index >= 15 is 0 Å². The quantitative estimate of drug-likeness (QED) is 0.881. The zero-order valence-electron chi connectivity index (χ0n) is 9.10. The molecule has 1 aromatic heterocycles. The van der Waals surface area contributed by atoms with Crippen LogP contribution in [-0.4, -0.2) is 10.9 Å². The number of benzene rings is 1. The van der Waals surface area contributed by atoms with Crippen molar-refractivity contribution in [2.45, 2.75) is 6.92 Å². The monoisotopic (exact) mass is 243 g/mol. The molecule has 0 saturated heterocycles. The molecule has 0 aliphatic carbocycles. The van der Waals surface area contributed by atoms with Crippen molar-refractivity contribution in [3.8, 4) is 6.07 Å². The van der Waals surface area contributed by atoms with Crippen LogP contribution >= 0.6 is 11.3 Å². The molecule has 1 aromatic carbocycles. The molecule has 0 aliphatic rings. The molecule has 5 heteroatoms. The Bertz CT molecular complexity index is 598. The number of nitrogens with one attached hydrogen (secondary N) is 1. The largest absolute Gasteiger partial charge is 0.298 e. The van der Waals surface area contributed by atoms with E-state index in [1.807, 2.05) is 31.2 Å². The van der Waals surface area contributed by atoms with E-state index in [9.17, 15) is 4.79 Å². The minimum Gasteiger partial charge on any atom is -0.298 e. The highest BCUT2D eigenvalue weighted by Crippen LogP contribution is 2.18. The van der Waals surface area contributed by atoms with Crippen molar-refractivity contribution < 1.29 is 4.79 Å². The van der Waals surface area contributed by atoms with E-state index in [0.717, 1.165) is 16.9 Å². The number of aromatic nitrogens is 1. The molecule has 1 heterocycles. The molecular weight excluding hydrogens is 234 g/mol. The number of thiazole rings is 1. The number of hydrogen-bond donors (Lipinski definition) is 1. The van der Waals surface area contributed by atoms with Crippen LogP contribution in [0, 0.1) is 18.3 Å². The fraction of sp³-hybridized carbons (Fsp3) is 0.0833. The summed E-state index contributed by atoms with van der Waals surface area (Å²) in [4.78, 5) is 16.3. The highest BCUT2D eigenvalue weighted by atomic mass is 32.1. The van der Waals surface area contributed by atoms with Gasteiger partial charge in [0.15, 0.2) is 5.13 Å². The van der Waals surface area contributed by atoms with Crippen molar-refractivity contribution in [1.29, 1.82) is 5.26 Å².